The fourth-order valence-corrected chi connectivity index (χ4v) is 4.00. The minimum Gasteiger partial charge on any atom is -0.480 e. The third-order valence-corrected chi connectivity index (χ3v) is 5.85. The van der Waals surface area contributed by atoms with E-state index in [1.165, 1.54) is 16.9 Å². The second-order valence-corrected chi connectivity index (χ2v) is 8.04. The summed E-state index contributed by atoms with van der Waals surface area (Å²) in [5.74, 6) is 2.17. The van der Waals surface area contributed by atoms with Gasteiger partial charge >= 0.3 is 5.97 Å². The number of carbonyl (C=O) groups excluding carboxylic acids is 2. The second kappa shape index (κ2) is 10.4. The standard InChI is InChI=1S/C24H21BrN2O4S/c1-4-12-31-21-11-8-17(13-19(21)25)14-20-23(29)27(18-9-6-16(5-2)7-10-18)24(32)26(20)15-22(28)30-3/h1,6-11,13-14H,5,12,15H2,2-3H3/b20-14-. The average molecular weight is 513 g/mol. The second-order valence-electron chi connectivity index (χ2n) is 6.82. The Bertz CT molecular complexity index is 1120. The van der Waals surface area contributed by atoms with Crippen molar-refractivity contribution in [2.45, 2.75) is 13.3 Å². The summed E-state index contributed by atoms with van der Waals surface area (Å²) in [5, 5.41) is 0.212. The topological polar surface area (TPSA) is 59.1 Å². The van der Waals surface area contributed by atoms with Crippen LogP contribution in [0.3, 0.4) is 0 Å². The van der Waals surface area contributed by atoms with Crippen LogP contribution in [0.15, 0.2) is 52.6 Å². The van der Waals surface area contributed by atoms with Crippen LogP contribution in [0.4, 0.5) is 5.69 Å². The number of thiocarbonyl (C=S) groups is 1. The van der Waals surface area contributed by atoms with Crippen molar-refractivity contribution < 1.29 is 19.1 Å². The molecule has 164 valence electrons. The molecule has 1 amide bonds. The van der Waals surface area contributed by atoms with Crippen LogP contribution in [0.1, 0.15) is 18.1 Å². The summed E-state index contributed by atoms with van der Waals surface area (Å²) in [6.07, 6.45) is 7.80. The smallest absolute Gasteiger partial charge is 0.325 e. The minimum atomic E-state index is -0.506. The number of terminal acetylenes is 1. The Morgan fingerprint density at radius 2 is 1.97 bits per heavy atom. The third kappa shape index (κ3) is 5.01. The van der Waals surface area contributed by atoms with Gasteiger partial charge in [0.2, 0.25) is 0 Å². The van der Waals surface area contributed by atoms with E-state index in [2.05, 4.69) is 28.8 Å². The van der Waals surface area contributed by atoms with Gasteiger partial charge in [-0.05, 0) is 76.0 Å². The largest absolute Gasteiger partial charge is 0.480 e. The summed E-state index contributed by atoms with van der Waals surface area (Å²) < 4.78 is 10.9. The molecule has 0 spiro atoms. The molecular formula is C24H21BrN2O4S. The molecule has 1 saturated heterocycles. The number of esters is 1. The van der Waals surface area contributed by atoms with Crippen molar-refractivity contribution in [2.75, 3.05) is 25.2 Å². The van der Waals surface area contributed by atoms with Crippen LogP contribution < -0.4 is 9.64 Å². The molecule has 0 unspecified atom stereocenters. The molecule has 3 rings (SSSR count). The van der Waals surface area contributed by atoms with E-state index in [1.54, 1.807) is 24.3 Å². The van der Waals surface area contributed by atoms with Crippen LogP contribution in [0, 0.1) is 12.3 Å². The molecule has 0 aromatic heterocycles. The highest BCUT2D eigenvalue weighted by atomic mass is 79.9. The normalized spacial score (nSPS) is 14.6. The number of halogens is 1. The molecule has 0 bridgehead atoms. The van der Waals surface area contributed by atoms with Gasteiger partial charge in [0.15, 0.2) is 5.11 Å². The first-order valence-corrected chi connectivity index (χ1v) is 11.0. The van der Waals surface area contributed by atoms with Crippen molar-refractivity contribution in [1.82, 2.24) is 4.90 Å². The molecule has 1 fully saturated rings. The van der Waals surface area contributed by atoms with E-state index in [4.69, 9.17) is 28.1 Å². The van der Waals surface area contributed by atoms with Crippen molar-refractivity contribution in [3.8, 4) is 18.1 Å². The zero-order valence-electron chi connectivity index (χ0n) is 17.6. The van der Waals surface area contributed by atoms with Crippen LogP contribution in [-0.2, 0) is 20.7 Å². The van der Waals surface area contributed by atoms with E-state index in [9.17, 15) is 9.59 Å². The number of benzene rings is 2. The van der Waals surface area contributed by atoms with Crippen LogP contribution in [0.25, 0.3) is 6.08 Å². The highest BCUT2D eigenvalue weighted by Gasteiger charge is 2.40. The maximum Gasteiger partial charge on any atom is 0.325 e. The molecule has 8 heteroatoms. The molecule has 1 aliphatic heterocycles. The van der Waals surface area contributed by atoms with Crippen LogP contribution in [0.2, 0.25) is 0 Å². The Morgan fingerprint density at radius 1 is 1.25 bits per heavy atom. The lowest BCUT2D eigenvalue weighted by atomic mass is 10.1. The molecule has 2 aromatic carbocycles. The van der Waals surface area contributed by atoms with E-state index in [1.807, 2.05) is 24.3 Å². The first-order chi connectivity index (χ1) is 15.4. The maximum absolute atomic E-state index is 13.4. The average Bonchev–Trinajstić information content (AvgIpc) is 3.02. The van der Waals surface area contributed by atoms with E-state index >= 15 is 0 Å². The minimum absolute atomic E-state index is 0.143. The van der Waals surface area contributed by atoms with Crippen LogP contribution in [-0.4, -0.2) is 42.2 Å². The fourth-order valence-electron chi connectivity index (χ4n) is 3.14. The number of anilines is 1. The Hall–Kier alpha value is -3.15. The van der Waals surface area contributed by atoms with E-state index < -0.39 is 5.97 Å². The predicted octanol–water partition coefficient (Wildman–Crippen LogP) is 4.17. The molecule has 0 saturated carbocycles. The van der Waals surface area contributed by atoms with Gasteiger partial charge in [-0.1, -0.05) is 31.0 Å². The van der Waals surface area contributed by atoms with Gasteiger partial charge in [0.1, 0.15) is 24.6 Å². The van der Waals surface area contributed by atoms with Gasteiger partial charge in [-0.3, -0.25) is 14.5 Å². The highest BCUT2D eigenvalue weighted by molar-refractivity contribution is 9.10. The first kappa shape index (κ1) is 23.5. The SMILES string of the molecule is C#CCOc1ccc(/C=C2/C(=O)N(c3ccc(CC)cc3)C(=S)N2CC(=O)OC)cc1Br. The number of ether oxygens (including phenoxy) is 2. The van der Waals surface area contributed by atoms with Gasteiger partial charge in [0.25, 0.3) is 5.91 Å². The van der Waals surface area contributed by atoms with Gasteiger partial charge in [0, 0.05) is 0 Å². The maximum atomic E-state index is 13.4. The molecule has 1 aliphatic rings. The number of hydrogen-bond donors (Lipinski definition) is 0. The van der Waals surface area contributed by atoms with Gasteiger partial charge in [-0.15, -0.1) is 6.42 Å². The molecule has 0 aliphatic carbocycles. The van der Waals surface area contributed by atoms with Crippen molar-refractivity contribution in [3.05, 3.63) is 63.8 Å². The molecule has 0 atom stereocenters. The summed E-state index contributed by atoms with van der Waals surface area (Å²) in [6.45, 7) is 2.02. The molecule has 0 N–H and O–H groups in total. The zero-order chi connectivity index (χ0) is 23.3. The predicted molar refractivity (Wildman–Crippen MR) is 131 cm³/mol. The Kier molecular flexibility index (Phi) is 7.67. The summed E-state index contributed by atoms with van der Waals surface area (Å²) in [7, 11) is 1.29. The molecule has 2 aromatic rings. The fraction of sp³-hybridized carbons (Fsp3) is 0.208. The van der Waals surface area contributed by atoms with Gasteiger partial charge < -0.3 is 14.4 Å². The van der Waals surface area contributed by atoms with E-state index in [0.717, 1.165) is 12.0 Å². The van der Waals surface area contributed by atoms with Crippen LogP contribution in [0.5, 0.6) is 5.75 Å². The molecular weight excluding hydrogens is 492 g/mol. The number of methoxy groups -OCH3 is 1. The Morgan fingerprint density at radius 3 is 2.56 bits per heavy atom. The van der Waals surface area contributed by atoms with Crippen molar-refractivity contribution in [3.63, 3.8) is 0 Å². The number of carbonyl (C=O) groups is 2. The lowest BCUT2D eigenvalue weighted by Crippen LogP contribution is -2.35. The number of hydrogen-bond acceptors (Lipinski definition) is 5. The molecule has 0 radical (unpaired) electrons. The first-order valence-electron chi connectivity index (χ1n) is 9.78. The Balaban J connectivity index is 1.99. The molecule has 32 heavy (non-hydrogen) atoms. The van der Waals surface area contributed by atoms with Gasteiger partial charge in [-0.2, -0.15) is 0 Å². The molecule has 6 nitrogen and oxygen atoms in total. The monoisotopic (exact) mass is 512 g/mol. The quantitative estimate of drug-likeness (QED) is 0.240. The van der Waals surface area contributed by atoms with Gasteiger partial charge in [0.05, 0.1) is 17.3 Å². The van der Waals surface area contributed by atoms with Crippen molar-refractivity contribution in [1.29, 1.82) is 0 Å². The zero-order valence-corrected chi connectivity index (χ0v) is 20.0. The third-order valence-electron chi connectivity index (χ3n) is 4.82. The van der Waals surface area contributed by atoms with E-state index in [0.29, 0.717) is 21.5 Å². The summed E-state index contributed by atoms with van der Waals surface area (Å²) in [4.78, 5) is 28.3. The lowest BCUT2D eigenvalue weighted by molar-refractivity contribution is -0.140. The van der Waals surface area contributed by atoms with Gasteiger partial charge in [-0.25, -0.2) is 0 Å². The Labute approximate surface area is 200 Å². The van der Waals surface area contributed by atoms with Crippen molar-refractivity contribution >= 4 is 56.9 Å². The number of rotatable bonds is 7. The summed E-state index contributed by atoms with van der Waals surface area (Å²) >= 11 is 9.02. The number of aryl methyl sites for hydroxylation is 1. The number of amides is 1. The highest BCUT2D eigenvalue weighted by Crippen LogP contribution is 2.31. The summed E-state index contributed by atoms with van der Waals surface area (Å²) in [5.41, 5.74) is 2.76. The number of nitrogens with zero attached hydrogens (tertiary/aromatic N) is 2. The van der Waals surface area contributed by atoms with E-state index in [-0.39, 0.29) is 29.9 Å². The van der Waals surface area contributed by atoms with Crippen LogP contribution >= 0.6 is 28.1 Å². The summed E-state index contributed by atoms with van der Waals surface area (Å²) in [6, 6.07) is 12.9. The molecule has 1 heterocycles. The lowest BCUT2D eigenvalue weighted by Gasteiger charge is -2.19. The van der Waals surface area contributed by atoms with Crippen molar-refractivity contribution in [2.24, 2.45) is 0 Å².